The molecule has 1 atom stereocenters. The van der Waals surface area contributed by atoms with Crippen molar-refractivity contribution in [3.05, 3.63) is 39.9 Å². The second-order valence-electron chi connectivity index (χ2n) is 4.63. The number of benzene rings is 1. The predicted molar refractivity (Wildman–Crippen MR) is 83.3 cm³/mol. The van der Waals surface area contributed by atoms with Crippen molar-refractivity contribution >= 4 is 28.6 Å². The number of aromatic amines is 1. The molecule has 0 aliphatic carbocycles. The summed E-state index contributed by atoms with van der Waals surface area (Å²) in [5.74, 6) is 1.01. The van der Waals surface area contributed by atoms with E-state index in [1.54, 1.807) is 6.07 Å². The summed E-state index contributed by atoms with van der Waals surface area (Å²) < 4.78 is 4.56. The van der Waals surface area contributed by atoms with Crippen molar-refractivity contribution in [2.24, 2.45) is 5.73 Å². The molecule has 1 aromatic carbocycles. The van der Waals surface area contributed by atoms with E-state index in [2.05, 4.69) is 14.7 Å². The first-order chi connectivity index (χ1) is 10.0. The van der Waals surface area contributed by atoms with Crippen LogP contribution in [0.5, 0.6) is 0 Å². The first-order valence-corrected chi connectivity index (χ1v) is 7.58. The first-order valence-electron chi connectivity index (χ1n) is 6.42. The number of hydrogen-bond acceptors (Lipinski definition) is 6. The fourth-order valence-corrected chi connectivity index (χ4v) is 2.76. The highest BCUT2D eigenvalue weighted by molar-refractivity contribution is 7.98. The summed E-state index contributed by atoms with van der Waals surface area (Å²) in [7, 11) is 1.30. The number of rotatable bonds is 5. The summed E-state index contributed by atoms with van der Waals surface area (Å²) in [5.41, 5.74) is 7.15. The average molecular weight is 307 g/mol. The lowest BCUT2D eigenvalue weighted by Crippen LogP contribution is -2.33. The van der Waals surface area contributed by atoms with Crippen LogP contribution in [0.3, 0.4) is 0 Å². The average Bonchev–Trinajstić information content (AvgIpc) is 2.47. The molecule has 3 N–H and O–H groups in total. The van der Waals surface area contributed by atoms with Crippen molar-refractivity contribution in [2.45, 2.75) is 18.7 Å². The van der Waals surface area contributed by atoms with Gasteiger partial charge >= 0.3 is 5.97 Å². The summed E-state index contributed by atoms with van der Waals surface area (Å²) >= 11 is 1.42. The van der Waals surface area contributed by atoms with Crippen molar-refractivity contribution in [1.29, 1.82) is 0 Å². The van der Waals surface area contributed by atoms with E-state index in [-0.39, 0.29) is 5.56 Å². The topological polar surface area (TPSA) is 98.1 Å². The lowest BCUT2D eigenvalue weighted by molar-refractivity contribution is -0.141. The van der Waals surface area contributed by atoms with Gasteiger partial charge in [-0.2, -0.15) is 11.8 Å². The van der Waals surface area contributed by atoms with Gasteiger partial charge in [0.1, 0.15) is 11.9 Å². The van der Waals surface area contributed by atoms with Gasteiger partial charge in [-0.15, -0.1) is 0 Å². The van der Waals surface area contributed by atoms with Gasteiger partial charge in [0.05, 0.1) is 23.8 Å². The Balaban J connectivity index is 2.11. The number of aryl methyl sites for hydroxylation is 1. The van der Waals surface area contributed by atoms with Gasteiger partial charge in [-0.25, -0.2) is 4.98 Å². The molecular formula is C14H17N3O3S. The molecule has 2 aromatic rings. The van der Waals surface area contributed by atoms with Crippen molar-refractivity contribution in [1.82, 2.24) is 9.97 Å². The molecule has 1 unspecified atom stereocenters. The molecule has 0 bridgehead atoms. The highest BCUT2D eigenvalue weighted by Gasteiger charge is 2.14. The molecule has 0 spiro atoms. The Morgan fingerprint density at radius 3 is 3.00 bits per heavy atom. The van der Waals surface area contributed by atoms with Crippen molar-refractivity contribution in [3.63, 3.8) is 0 Å². The number of para-hydroxylation sites is 1. The number of aromatic nitrogens is 2. The SMILES string of the molecule is COC(=O)C(N)CSCc1nc2c(C)cccc2c(=O)[nH]1. The second-order valence-corrected chi connectivity index (χ2v) is 5.66. The number of ether oxygens (including phenoxy) is 1. The van der Waals surface area contributed by atoms with E-state index >= 15 is 0 Å². The fourth-order valence-electron chi connectivity index (χ4n) is 1.92. The van der Waals surface area contributed by atoms with Gasteiger partial charge in [0, 0.05) is 5.75 Å². The highest BCUT2D eigenvalue weighted by atomic mass is 32.2. The van der Waals surface area contributed by atoms with E-state index in [4.69, 9.17) is 5.73 Å². The molecule has 0 aliphatic heterocycles. The minimum Gasteiger partial charge on any atom is -0.468 e. The highest BCUT2D eigenvalue weighted by Crippen LogP contribution is 2.15. The molecule has 1 heterocycles. The molecule has 0 saturated carbocycles. The molecule has 0 saturated heterocycles. The van der Waals surface area contributed by atoms with Crippen LogP contribution in [0.25, 0.3) is 10.9 Å². The van der Waals surface area contributed by atoms with Crippen LogP contribution >= 0.6 is 11.8 Å². The largest absolute Gasteiger partial charge is 0.468 e. The van der Waals surface area contributed by atoms with Crippen LogP contribution in [0, 0.1) is 6.92 Å². The van der Waals surface area contributed by atoms with E-state index in [0.29, 0.717) is 28.2 Å². The Morgan fingerprint density at radius 2 is 2.29 bits per heavy atom. The Bertz CT molecular complexity index is 714. The fraction of sp³-hybridized carbons (Fsp3) is 0.357. The normalized spacial score (nSPS) is 12.3. The van der Waals surface area contributed by atoms with Crippen molar-refractivity contribution < 1.29 is 9.53 Å². The number of H-pyrrole nitrogens is 1. The van der Waals surface area contributed by atoms with Gasteiger partial charge in [0.2, 0.25) is 0 Å². The third-order valence-electron chi connectivity index (χ3n) is 3.03. The zero-order valence-corrected chi connectivity index (χ0v) is 12.7. The number of nitrogens with two attached hydrogens (primary N) is 1. The number of fused-ring (bicyclic) bond motifs is 1. The maximum Gasteiger partial charge on any atom is 0.323 e. The third-order valence-corrected chi connectivity index (χ3v) is 4.10. The number of methoxy groups -OCH3 is 1. The molecule has 0 amide bonds. The summed E-state index contributed by atoms with van der Waals surface area (Å²) in [4.78, 5) is 30.4. The zero-order valence-electron chi connectivity index (χ0n) is 11.9. The molecule has 6 nitrogen and oxygen atoms in total. The summed E-state index contributed by atoms with van der Waals surface area (Å²) in [6, 6.07) is 4.82. The second kappa shape index (κ2) is 6.73. The number of hydrogen-bond donors (Lipinski definition) is 2. The lowest BCUT2D eigenvalue weighted by Gasteiger charge is -2.09. The van der Waals surface area contributed by atoms with Gasteiger partial charge < -0.3 is 15.5 Å². The van der Waals surface area contributed by atoms with Gasteiger partial charge in [-0.3, -0.25) is 9.59 Å². The Kier molecular flexibility index (Phi) is 4.98. The van der Waals surface area contributed by atoms with E-state index in [1.807, 2.05) is 19.1 Å². The number of nitrogens with zero attached hydrogens (tertiary/aromatic N) is 1. The van der Waals surface area contributed by atoms with Gasteiger partial charge in [0.15, 0.2) is 0 Å². The van der Waals surface area contributed by atoms with Crippen molar-refractivity contribution in [2.75, 3.05) is 12.9 Å². The van der Waals surface area contributed by atoms with Crippen LogP contribution in [0.2, 0.25) is 0 Å². The Hall–Kier alpha value is -1.86. The van der Waals surface area contributed by atoms with E-state index in [1.165, 1.54) is 18.9 Å². The predicted octanol–water partition coefficient (Wildman–Crippen LogP) is 0.965. The molecule has 21 heavy (non-hydrogen) atoms. The number of carbonyl (C=O) groups is 1. The molecule has 0 aliphatic rings. The molecule has 2 rings (SSSR count). The molecule has 1 aromatic heterocycles. The van der Waals surface area contributed by atoms with E-state index in [9.17, 15) is 9.59 Å². The van der Waals surface area contributed by atoms with Gasteiger partial charge in [-0.1, -0.05) is 12.1 Å². The van der Waals surface area contributed by atoms with Crippen molar-refractivity contribution in [3.8, 4) is 0 Å². The minimum absolute atomic E-state index is 0.156. The molecule has 112 valence electrons. The quantitative estimate of drug-likeness (QED) is 0.799. The minimum atomic E-state index is -0.672. The first kappa shape index (κ1) is 15.5. The van der Waals surface area contributed by atoms with E-state index < -0.39 is 12.0 Å². The van der Waals surface area contributed by atoms with Crippen LogP contribution in [0.15, 0.2) is 23.0 Å². The molecule has 0 fully saturated rings. The molecule has 0 radical (unpaired) electrons. The Labute approximate surface area is 126 Å². The summed E-state index contributed by atoms with van der Waals surface area (Å²) in [6.07, 6.45) is 0. The maximum atomic E-state index is 12.0. The van der Waals surface area contributed by atoms with Crippen LogP contribution in [0.1, 0.15) is 11.4 Å². The monoisotopic (exact) mass is 307 g/mol. The van der Waals surface area contributed by atoms with Gasteiger partial charge in [0.25, 0.3) is 5.56 Å². The lowest BCUT2D eigenvalue weighted by atomic mass is 10.1. The molecule has 7 heteroatoms. The van der Waals surface area contributed by atoms with Crippen LogP contribution < -0.4 is 11.3 Å². The number of nitrogens with one attached hydrogen (secondary N) is 1. The van der Waals surface area contributed by atoms with Crippen LogP contribution in [-0.4, -0.2) is 34.8 Å². The summed E-state index contributed by atoms with van der Waals surface area (Å²) in [5, 5.41) is 0.579. The molecular weight excluding hydrogens is 290 g/mol. The number of esters is 1. The van der Waals surface area contributed by atoms with Crippen LogP contribution in [0.4, 0.5) is 0 Å². The maximum absolute atomic E-state index is 12.0. The van der Waals surface area contributed by atoms with Gasteiger partial charge in [-0.05, 0) is 18.6 Å². The standard InChI is InChI=1S/C14H17N3O3S/c1-8-4-3-5-9-12(8)16-11(17-13(9)18)7-21-6-10(15)14(19)20-2/h3-5,10H,6-7,15H2,1-2H3,(H,16,17,18). The third kappa shape index (κ3) is 3.62. The Morgan fingerprint density at radius 1 is 1.52 bits per heavy atom. The zero-order chi connectivity index (χ0) is 15.4. The number of thioether (sulfide) groups is 1. The summed E-state index contributed by atoms with van der Waals surface area (Å²) in [6.45, 7) is 1.92. The number of carbonyl (C=O) groups excluding carboxylic acids is 1. The van der Waals surface area contributed by atoms with E-state index in [0.717, 1.165) is 5.56 Å². The van der Waals surface area contributed by atoms with Crippen LogP contribution in [-0.2, 0) is 15.3 Å². The smallest absolute Gasteiger partial charge is 0.323 e.